The monoisotopic (exact) mass is 324 g/mol. The van der Waals surface area contributed by atoms with Gasteiger partial charge in [-0.15, -0.1) is 13.2 Å². The molecule has 21 heavy (non-hydrogen) atoms. The van der Waals surface area contributed by atoms with Crippen molar-refractivity contribution < 1.29 is 26.3 Å². The van der Waals surface area contributed by atoms with Gasteiger partial charge in [0, 0.05) is 5.69 Å². The lowest BCUT2D eigenvalue weighted by Gasteiger charge is -2.23. The Bertz CT molecular complexity index is 566. The zero-order chi connectivity index (χ0) is 15.5. The van der Waals surface area contributed by atoms with Gasteiger partial charge in [0.25, 0.3) is 0 Å². The highest BCUT2D eigenvalue weighted by molar-refractivity contribution is 7.93. The van der Waals surface area contributed by atoms with Crippen LogP contribution in [0.15, 0.2) is 24.3 Å². The third-order valence-corrected chi connectivity index (χ3v) is 4.94. The van der Waals surface area contributed by atoms with Crippen LogP contribution in [0.1, 0.15) is 12.8 Å². The minimum atomic E-state index is -4.77. The summed E-state index contributed by atoms with van der Waals surface area (Å²) in [5.41, 5.74) is 0.211. The fourth-order valence-corrected chi connectivity index (χ4v) is 3.57. The Labute approximate surface area is 120 Å². The second-order valence-electron chi connectivity index (χ2n) is 4.67. The van der Waals surface area contributed by atoms with Gasteiger partial charge in [-0.25, -0.2) is 8.42 Å². The molecule has 2 rings (SSSR count). The molecule has 1 fully saturated rings. The zero-order valence-corrected chi connectivity index (χ0v) is 11.8. The Morgan fingerprint density at radius 1 is 1.14 bits per heavy atom. The first-order valence-corrected chi connectivity index (χ1v) is 7.89. The summed E-state index contributed by atoms with van der Waals surface area (Å²) in [7, 11) is -3.54. The Morgan fingerprint density at radius 2 is 1.71 bits per heavy atom. The van der Waals surface area contributed by atoms with Crippen molar-refractivity contribution in [2.24, 2.45) is 0 Å². The molecule has 0 amide bonds. The number of piperidine rings is 1. The van der Waals surface area contributed by atoms with Crippen LogP contribution in [0.25, 0.3) is 0 Å². The molecule has 1 aliphatic heterocycles. The molecule has 1 aromatic carbocycles. The molecule has 1 heterocycles. The molecule has 0 atom stereocenters. The maximum Gasteiger partial charge on any atom is 0.573 e. The summed E-state index contributed by atoms with van der Waals surface area (Å²) >= 11 is 0. The number of hydrogen-bond acceptors (Lipinski definition) is 4. The summed E-state index contributed by atoms with van der Waals surface area (Å²) in [5, 5.41) is 2.57. The van der Waals surface area contributed by atoms with Crippen LogP contribution in [-0.2, 0) is 10.0 Å². The first-order valence-electron chi connectivity index (χ1n) is 6.34. The van der Waals surface area contributed by atoms with Gasteiger partial charge in [-0.2, -0.15) is 0 Å². The van der Waals surface area contributed by atoms with Crippen LogP contribution in [0.5, 0.6) is 5.75 Å². The molecular weight excluding hydrogens is 309 g/mol. The van der Waals surface area contributed by atoms with Gasteiger partial charge in [-0.1, -0.05) is 0 Å². The molecule has 9 heteroatoms. The van der Waals surface area contributed by atoms with Gasteiger partial charge in [0.1, 0.15) is 5.75 Å². The molecular formula is C12H15F3N2O3S. The molecule has 1 saturated heterocycles. The van der Waals surface area contributed by atoms with Gasteiger partial charge in [0.2, 0.25) is 10.0 Å². The van der Waals surface area contributed by atoms with E-state index in [1.165, 1.54) is 12.1 Å². The summed E-state index contributed by atoms with van der Waals surface area (Å²) in [6, 6.07) is 4.60. The molecule has 0 radical (unpaired) electrons. The Kier molecular flexibility index (Phi) is 4.62. The topological polar surface area (TPSA) is 67.4 Å². The lowest BCUT2D eigenvalue weighted by molar-refractivity contribution is -0.274. The second kappa shape index (κ2) is 6.10. The summed E-state index contributed by atoms with van der Waals surface area (Å²) in [6.45, 7) is 1.26. The van der Waals surface area contributed by atoms with E-state index in [0.29, 0.717) is 25.9 Å². The molecule has 0 saturated carbocycles. The van der Waals surface area contributed by atoms with Crippen molar-refractivity contribution >= 4 is 15.7 Å². The summed E-state index contributed by atoms with van der Waals surface area (Å²) < 4.78 is 66.4. The van der Waals surface area contributed by atoms with Crippen LogP contribution in [0.3, 0.4) is 0 Å². The van der Waals surface area contributed by atoms with E-state index in [1.807, 2.05) is 0 Å². The van der Waals surface area contributed by atoms with Gasteiger partial charge in [0.05, 0.1) is 5.25 Å². The highest BCUT2D eigenvalue weighted by Gasteiger charge is 2.31. The average molecular weight is 324 g/mol. The third-order valence-electron chi connectivity index (χ3n) is 3.07. The van der Waals surface area contributed by atoms with Crippen LogP contribution in [0, 0.1) is 0 Å². The molecule has 2 N–H and O–H groups in total. The van der Waals surface area contributed by atoms with E-state index in [-0.39, 0.29) is 5.69 Å². The number of alkyl halides is 3. The Balaban J connectivity index is 2.02. The fraction of sp³-hybridized carbons (Fsp3) is 0.500. The number of nitrogens with one attached hydrogen (secondary N) is 2. The maximum atomic E-state index is 12.1. The quantitative estimate of drug-likeness (QED) is 0.890. The van der Waals surface area contributed by atoms with E-state index in [0.717, 1.165) is 12.1 Å². The van der Waals surface area contributed by atoms with Crippen molar-refractivity contribution in [3.63, 3.8) is 0 Å². The number of hydrogen-bond donors (Lipinski definition) is 2. The average Bonchev–Trinajstić information content (AvgIpc) is 2.40. The number of ether oxygens (including phenoxy) is 1. The Morgan fingerprint density at radius 3 is 2.24 bits per heavy atom. The van der Waals surface area contributed by atoms with Gasteiger partial charge >= 0.3 is 6.36 Å². The lowest BCUT2D eigenvalue weighted by atomic mass is 10.2. The summed E-state index contributed by atoms with van der Waals surface area (Å²) in [6.07, 6.45) is -3.76. The predicted molar refractivity (Wildman–Crippen MR) is 71.6 cm³/mol. The van der Waals surface area contributed by atoms with Gasteiger partial charge in [-0.05, 0) is 50.2 Å². The van der Waals surface area contributed by atoms with Gasteiger partial charge in [-0.3, -0.25) is 4.72 Å². The van der Waals surface area contributed by atoms with Crippen molar-refractivity contribution in [1.29, 1.82) is 0 Å². The van der Waals surface area contributed by atoms with E-state index in [2.05, 4.69) is 14.8 Å². The molecule has 0 aliphatic carbocycles. The second-order valence-corrected chi connectivity index (χ2v) is 6.63. The number of benzene rings is 1. The molecule has 1 aliphatic rings. The van der Waals surface area contributed by atoms with Crippen molar-refractivity contribution in [3.8, 4) is 5.75 Å². The van der Waals surface area contributed by atoms with E-state index < -0.39 is 27.4 Å². The third kappa shape index (κ3) is 4.78. The first kappa shape index (κ1) is 15.9. The lowest BCUT2D eigenvalue weighted by Crippen LogP contribution is -2.38. The van der Waals surface area contributed by atoms with Crippen molar-refractivity contribution in [3.05, 3.63) is 24.3 Å². The maximum absolute atomic E-state index is 12.1. The SMILES string of the molecule is O=S(=O)(Nc1ccc(OC(F)(F)F)cc1)C1CCNCC1. The zero-order valence-electron chi connectivity index (χ0n) is 11.0. The number of rotatable bonds is 4. The van der Waals surface area contributed by atoms with Crippen LogP contribution < -0.4 is 14.8 Å². The number of anilines is 1. The molecule has 0 aromatic heterocycles. The minimum absolute atomic E-state index is 0.211. The predicted octanol–water partition coefficient (Wildman–Crippen LogP) is 2.08. The van der Waals surface area contributed by atoms with Crippen LogP contribution >= 0.6 is 0 Å². The fourth-order valence-electron chi connectivity index (χ4n) is 2.08. The minimum Gasteiger partial charge on any atom is -0.406 e. The molecule has 0 bridgehead atoms. The van der Waals surface area contributed by atoms with E-state index >= 15 is 0 Å². The molecule has 0 spiro atoms. The van der Waals surface area contributed by atoms with Crippen LogP contribution in [-0.4, -0.2) is 33.1 Å². The standard InChI is InChI=1S/C12H15F3N2O3S/c13-12(14,15)20-10-3-1-9(2-4-10)17-21(18,19)11-5-7-16-8-6-11/h1-4,11,16-17H,5-8H2. The van der Waals surface area contributed by atoms with Crippen molar-refractivity contribution in [2.75, 3.05) is 17.8 Å². The summed E-state index contributed by atoms with van der Waals surface area (Å²) in [5.74, 6) is -0.396. The van der Waals surface area contributed by atoms with E-state index in [1.54, 1.807) is 0 Å². The van der Waals surface area contributed by atoms with Gasteiger partial charge in [0.15, 0.2) is 0 Å². The smallest absolute Gasteiger partial charge is 0.406 e. The molecule has 0 unspecified atom stereocenters. The molecule has 118 valence electrons. The van der Waals surface area contributed by atoms with Crippen LogP contribution in [0.2, 0.25) is 0 Å². The van der Waals surface area contributed by atoms with Crippen LogP contribution in [0.4, 0.5) is 18.9 Å². The van der Waals surface area contributed by atoms with E-state index in [9.17, 15) is 21.6 Å². The molecule has 1 aromatic rings. The van der Waals surface area contributed by atoms with Crippen molar-refractivity contribution in [1.82, 2.24) is 5.32 Å². The first-order chi connectivity index (χ1) is 9.76. The Hall–Kier alpha value is -1.48. The number of sulfonamides is 1. The highest BCUT2D eigenvalue weighted by Crippen LogP contribution is 2.25. The van der Waals surface area contributed by atoms with E-state index in [4.69, 9.17) is 0 Å². The number of halogens is 3. The largest absolute Gasteiger partial charge is 0.573 e. The normalized spacial score (nSPS) is 17.5. The molecule has 5 nitrogen and oxygen atoms in total. The summed E-state index contributed by atoms with van der Waals surface area (Å²) in [4.78, 5) is 0. The van der Waals surface area contributed by atoms with Gasteiger partial charge < -0.3 is 10.1 Å². The van der Waals surface area contributed by atoms with Crippen molar-refractivity contribution in [2.45, 2.75) is 24.5 Å². The highest BCUT2D eigenvalue weighted by atomic mass is 32.2.